The van der Waals surface area contributed by atoms with Gasteiger partial charge in [-0.05, 0) is 92.7 Å². The van der Waals surface area contributed by atoms with Crippen molar-refractivity contribution in [1.82, 2.24) is 4.90 Å². The van der Waals surface area contributed by atoms with Crippen molar-refractivity contribution < 1.29 is 9.47 Å². The van der Waals surface area contributed by atoms with Crippen LogP contribution in [0.25, 0.3) is 0 Å². The molecule has 1 aliphatic carbocycles. The first kappa shape index (κ1) is 25.3. The van der Waals surface area contributed by atoms with Gasteiger partial charge in [-0.15, -0.1) is 0 Å². The highest BCUT2D eigenvalue weighted by Crippen LogP contribution is 2.49. The Kier molecular flexibility index (Phi) is 8.71. The average Bonchev–Trinajstić information content (AvgIpc) is 3.70. The van der Waals surface area contributed by atoms with E-state index in [1.807, 2.05) is 0 Å². The fraction of sp³-hybridized carbons (Fsp3) is 0.613. The number of rotatable bonds is 12. The third-order valence-electron chi connectivity index (χ3n) is 8.71. The molecule has 34 heavy (non-hydrogen) atoms. The first-order valence-electron chi connectivity index (χ1n) is 13.6. The van der Waals surface area contributed by atoms with Crippen molar-refractivity contribution in [2.75, 3.05) is 26.8 Å². The van der Waals surface area contributed by atoms with Crippen LogP contribution in [0.15, 0.2) is 48.5 Å². The van der Waals surface area contributed by atoms with Crippen LogP contribution < -0.4 is 4.74 Å². The predicted octanol–water partition coefficient (Wildman–Crippen LogP) is 7.02. The number of nitrogens with zero attached hydrogens (tertiary/aromatic N) is 1. The molecule has 0 amide bonds. The zero-order valence-electron chi connectivity index (χ0n) is 21.9. The minimum Gasteiger partial charge on any atom is -0.497 e. The molecule has 1 aliphatic heterocycles. The fourth-order valence-corrected chi connectivity index (χ4v) is 6.17. The van der Waals surface area contributed by atoms with Gasteiger partial charge in [0, 0.05) is 24.6 Å². The average molecular weight is 464 g/mol. The van der Waals surface area contributed by atoms with Gasteiger partial charge < -0.3 is 14.4 Å². The van der Waals surface area contributed by atoms with Gasteiger partial charge in [-0.1, -0.05) is 56.7 Å². The van der Waals surface area contributed by atoms with Gasteiger partial charge in [0.25, 0.3) is 0 Å². The molecule has 186 valence electrons. The van der Waals surface area contributed by atoms with E-state index in [0.29, 0.717) is 18.6 Å². The first-order valence-corrected chi connectivity index (χ1v) is 13.6. The van der Waals surface area contributed by atoms with Crippen molar-refractivity contribution in [3.05, 3.63) is 65.2 Å². The lowest BCUT2D eigenvalue weighted by atomic mass is 9.60. The third kappa shape index (κ3) is 5.86. The van der Waals surface area contributed by atoms with E-state index in [-0.39, 0.29) is 5.41 Å². The molecule has 3 nitrogen and oxygen atoms in total. The summed E-state index contributed by atoms with van der Waals surface area (Å²) in [6.45, 7) is 11.4. The Bertz CT molecular complexity index is 894. The maximum Gasteiger partial charge on any atom is 0.119 e. The Labute approximate surface area is 207 Å². The molecular weight excluding hydrogens is 418 g/mol. The van der Waals surface area contributed by atoms with Gasteiger partial charge in [0.05, 0.1) is 13.7 Å². The summed E-state index contributed by atoms with van der Waals surface area (Å²) in [6, 6.07) is 17.9. The van der Waals surface area contributed by atoms with Crippen molar-refractivity contribution in [3.8, 4) is 5.75 Å². The second-order valence-corrected chi connectivity index (χ2v) is 10.7. The van der Waals surface area contributed by atoms with Crippen LogP contribution >= 0.6 is 0 Å². The zero-order valence-corrected chi connectivity index (χ0v) is 21.9. The van der Waals surface area contributed by atoms with Gasteiger partial charge in [0.1, 0.15) is 5.75 Å². The second kappa shape index (κ2) is 11.7. The van der Waals surface area contributed by atoms with E-state index in [1.165, 1.54) is 56.3 Å². The second-order valence-electron chi connectivity index (χ2n) is 10.7. The number of methoxy groups -OCH3 is 1. The van der Waals surface area contributed by atoms with Crippen LogP contribution in [-0.4, -0.2) is 37.7 Å². The van der Waals surface area contributed by atoms with E-state index in [9.17, 15) is 0 Å². The topological polar surface area (TPSA) is 21.7 Å². The van der Waals surface area contributed by atoms with Crippen LogP contribution in [-0.2, 0) is 23.2 Å². The van der Waals surface area contributed by atoms with Gasteiger partial charge >= 0.3 is 0 Å². The van der Waals surface area contributed by atoms with Crippen LogP contribution in [0.5, 0.6) is 5.75 Å². The highest BCUT2D eigenvalue weighted by atomic mass is 16.5. The van der Waals surface area contributed by atoms with E-state index < -0.39 is 0 Å². The van der Waals surface area contributed by atoms with Crippen molar-refractivity contribution in [2.45, 2.75) is 83.8 Å². The van der Waals surface area contributed by atoms with Crippen LogP contribution in [0.3, 0.4) is 0 Å². The summed E-state index contributed by atoms with van der Waals surface area (Å²) in [6.07, 6.45) is 8.74. The van der Waals surface area contributed by atoms with Crippen molar-refractivity contribution in [2.24, 2.45) is 11.8 Å². The lowest BCUT2D eigenvalue weighted by Crippen LogP contribution is -2.54. The summed E-state index contributed by atoms with van der Waals surface area (Å²) in [7, 11) is 1.80. The SMILES string of the molecule is CCc1ccc(OC)cc1[C@@]1(CCCCOCc2ccccc2)CCN(CC2CC2)C(C)[C@@H]1C. The van der Waals surface area contributed by atoms with Gasteiger partial charge in [-0.25, -0.2) is 0 Å². The highest BCUT2D eigenvalue weighted by Gasteiger charge is 2.46. The number of hydrogen-bond donors (Lipinski definition) is 0. The number of unbranched alkanes of at least 4 members (excludes halogenated alkanes) is 1. The lowest BCUT2D eigenvalue weighted by molar-refractivity contribution is 0.0329. The molecule has 2 aromatic rings. The van der Waals surface area contributed by atoms with Crippen molar-refractivity contribution in [3.63, 3.8) is 0 Å². The van der Waals surface area contributed by atoms with Gasteiger partial charge in [0.15, 0.2) is 0 Å². The molecule has 2 fully saturated rings. The van der Waals surface area contributed by atoms with E-state index in [2.05, 4.69) is 74.2 Å². The Hall–Kier alpha value is -1.84. The maximum absolute atomic E-state index is 6.02. The van der Waals surface area contributed by atoms with Crippen LogP contribution in [0, 0.1) is 11.8 Å². The van der Waals surface area contributed by atoms with Crippen LogP contribution in [0.2, 0.25) is 0 Å². The molecule has 1 saturated carbocycles. The maximum atomic E-state index is 6.02. The molecule has 0 N–H and O–H groups in total. The summed E-state index contributed by atoms with van der Waals surface area (Å²) >= 11 is 0. The molecule has 2 aliphatic rings. The Morgan fingerprint density at radius 2 is 1.82 bits per heavy atom. The number of likely N-dealkylation sites (tertiary alicyclic amines) is 1. The normalized spacial score (nSPS) is 25.4. The standard InChI is InChI=1S/C31H45NO2/c1-5-28-15-16-29(33-4)21-30(28)31(17-9-10-20-34-23-27-11-7-6-8-12-27)18-19-32(22-26-13-14-26)25(3)24(31)2/h6-8,11-12,15-16,21,24-26H,5,9-10,13-14,17-20,22-23H2,1-4H3/t24-,25?,31-/m0/s1. The molecule has 2 aromatic carbocycles. The number of hydrogen-bond acceptors (Lipinski definition) is 3. The van der Waals surface area contributed by atoms with Crippen molar-refractivity contribution >= 4 is 0 Å². The van der Waals surface area contributed by atoms with Gasteiger partial charge in [-0.3, -0.25) is 0 Å². The quantitative estimate of drug-likeness (QED) is 0.316. The number of piperidine rings is 1. The Morgan fingerprint density at radius 3 is 2.53 bits per heavy atom. The molecule has 1 unspecified atom stereocenters. The molecule has 1 heterocycles. The fourth-order valence-electron chi connectivity index (χ4n) is 6.17. The van der Waals surface area contributed by atoms with Crippen LogP contribution in [0.1, 0.15) is 76.0 Å². The Balaban J connectivity index is 1.47. The number of aryl methyl sites for hydroxylation is 1. The third-order valence-corrected chi connectivity index (χ3v) is 8.71. The molecule has 3 atom stereocenters. The Morgan fingerprint density at radius 1 is 1.03 bits per heavy atom. The molecule has 0 bridgehead atoms. The minimum absolute atomic E-state index is 0.207. The molecular formula is C31H45NO2. The van der Waals surface area contributed by atoms with E-state index in [1.54, 1.807) is 12.7 Å². The van der Waals surface area contributed by atoms with E-state index in [4.69, 9.17) is 9.47 Å². The molecule has 0 aromatic heterocycles. The minimum atomic E-state index is 0.207. The number of ether oxygens (including phenoxy) is 2. The molecule has 3 heteroatoms. The van der Waals surface area contributed by atoms with Gasteiger partial charge in [-0.2, -0.15) is 0 Å². The molecule has 4 rings (SSSR count). The molecule has 0 radical (unpaired) electrons. The summed E-state index contributed by atoms with van der Waals surface area (Å²) in [5.41, 5.74) is 4.51. The first-order chi connectivity index (χ1) is 16.6. The summed E-state index contributed by atoms with van der Waals surface area (Å²) in [4.78, 5) is 2.79. The summed E-state index contributed by atoms with van der Waals surface area (Å²) in [5.74, 6) is 2.56. The predicted molar refractivity (Wildman–Crippen MR) is 142 cm³/mol. The number of benzene rings is 2. The molecule has 1 saturated heterocycles. The zero-order chi connectivity index (χ0) is 24.0. The lowest BCUT2D eigenvalue weighted by Gasteiger charge is -2.52. The van der Waals surface area contributed by atoms with Crippen molar-refractivity contribution in [1.29, 1.82) is 0 Å². The summed E-state index contributed by atoms with van der Waals surface area (Å²) < 4.78 is 11.7. The smallest absolute Gasteiger partial charge is 0.119 e. The highest BCUT2D eigenvalue weighted by molar-refractivity contribution is 5.42. The monoisotopic (exact) mass is 463 g/mol. The van der Waals surface area contributed by atoms with E-state index in [0.717, 1.165) is 31.1 Å². The van der Waals surface area contributed by atoms with E-state index >= 15 is 0 Å². The van der Waals surface area contributed by atoms with Gasteiger partial charge in [0.2, 0.25) is 0 Å². The molecule has 0 spiro atoms. The summed E-state index contributed by atoms with van der Waals surface area (Å²) in [5, 5.41) is 0. The largest absolute Gasteiger partial charge is 0.497 e. The van der Waals surface area contributed by atoms with Crippen LogP contribution in [0.4, 0.5) is 0 Å².